The lowest BCUT2D eigenvalue weighted by Crippen LogP contribution is -2.46. The fraction of sp³-hybridized carbons (Fsp3) is 0.917. The largest absolute Gasteiger partial charge is 0.364 e. The van der Waals surface area contributed by atoms with Gasteiger partial charge in [-0.05, 0) is 25.7 Å². The molecule has 0 saturated heterocycles. The summed E-state index contributed by atoms with van der Waals surface area (Å²) in [7, 11) is 0. The third kappa shape index (κ3) is 3.76. The molecule has 2 atom stereocenters. The van der Waals surface area contributed by atoms with Crippen molar-refractivity contribution in [1.29, 1.82) is 0 Å². The number of hydrogen-bond acceptors (Lipinski definition) is 3. The highest BCUT2D eigenvalue weighted by atomic mass is 16.5. The van der Waals surface area contributed by atoms with E-state index in [1.165, 1.54) is 6.42 Å². The van der Waals surface area contributed by atoms with Crippen molar-refractivity contribution in [3.8, 4) is 0 Å². The Balaban J connectivity index is 2.43. The first kappa shape index (κ1) is 13.5. The van der Waals surface area contributed by atoms with Gasteiger partial charge < -0.3 is 15.8 Å². The van der Waals surface area contributed by atoms with Crippen molar-refractivity contribution in [2.75, 3.05) is 19.7 Å². The van der Waals surface area contributed by atoms with E-state index in [-0.39, 0.29) is 18.1 Å². The maximum Gasteiger partial charge on any atom is 0.246 e. The molecule has 0 aliphatic heterocycles. The van der Waals surface area contributed by atoms with Crippen LogP contribution >= 0.6 is 0 Å². The molecule has 0 aromatic carbocycles. The zero-order valence-corrected chi connectivity index (χ0v) is 10.4. The Hall–Kier alpha value is -0.610. The van der Waals surface area contributed by atoms with E-state index in [1.807, 2.05) is 6.92 Å². The summed E-state index contributed by atoms with van der Waals surface area (Å²) >= 11 is 0. The molecule has 4 heteroatoms. The van der Waals surface area contributed by atoms with Crippen molar-refractivity contribution < 1.29 is 9.53 Å². The first-order valence-corrected chi connectivity index (χ1v) is 6.22. The second-order valence-electron chi connectivity index (χ2n) is 4.83. The lowest BCUT2D eigenvalue weighted by atomic mass is 9.79. The normalized spacial score (nSPS) is 30.1. The molecule has 1 saturated carbocycles. The molecule has 0 spiro atoms. The van der Waals surface area contributed by atoms with E-state index < -0.39 is 0 Å². The van der Waals surface area contributed by atoms with Crippen LogP contribution in [-0.2, 0) is 9.53 Å². The zero-order chi connectivity index (χ0) is 12.0. The first-order chi connectivity index (χ1) is 7.62. The highest BCUT2D eigenvalue weighted by Gasteiger charge is 2.35. The lowest BCUT2D eigenvalue weighted by molar-refractivity contribution is -0.136. The number of carbonyl (C=O) groups excluding carboxylic acids is 1. The average molecular weight is 228 g/mol. The molecule has 1 aliphatic rings. The van der Waals surface area contributed by atoms with Crippen molar-refractivity contribution in [2.45, 2.75) is 45.1 Å². The van der Waals surface area contributed by atoms with Gasteiger partial charge in [0.15, 0.2) is 0 Å². The van der Waals surface area contributed by atoms with Crippen molar-refractivity contribution in [1.82, 2.24) is 5.32 Å². The monoisotopic (exact) mass is 228 g/mol. The molecule has 1 fully saturated rings. The predicted octanol–water partition coefficient (Wildman–Crippen LogP) is 1.05. The second-order valence-corrected chi connectivity index (χ2v) is 4.83. The second kappa shape index (κ2) is 6.21. The molecular weight excluding hydrogens is 204 g/mol. The quantitative estimate of drug-likeness (QED) is 0.739. The van der Waals surface area contributed by atoms with Gasteiger partial charge in [0.05, 0.1) is 5.60 Å². The van der Waals surface area contributed by atoms with E-state index in [0.29, 0.717) is 19.0 Å². The number of ether oxygens (including phenoxy) is 1. The third-order valence-electron chi connectivity index (χ3n) is 3.31. The van der Waals surface area contributed by atoms with Crippen molar-refractivity contribution in [2.24, 2.45) is 11.7 Å². The van der Waals surface area contributed by atoms with E-state index in [4.69, 9.17) is 10.5 Å². The molecule has 0 heterocycles. The summed E-state index contributed by atoms with van der Waals surface area (Å²) in [5.74, 6) is 0.597. The number of hydrogen-bond donors (Lipinski definition) is 2. The van der Waals surface area contributed by atoms with Gasteiger partial charge in [-0.3, -0.25) is 4.79 Å². The van der Waals surface area contributed by atoms with Gasteiger partial charge in [0, 0.05) is 13.1 Å². The van der Waals surface area contributed by atoms with Crippen LogP contribution in [0.15, 0.2) is 0 Å². The Morgan fingerprint density at radius 3 is 2.94 bits per heavy atom. The third-order valence-corrected chi connectivity index (χ3v) is 3.31. The fourth-order valence-electron chi connectivity index (χ4n) is 2.45. The smallest absolute Gasteiger partial charge is 0.246 e. The van der Waals surface area contributed by atoms with Crippen molar-refractivity contribution in [3.05, 3.63) is 0 Å². The minimum absolute atomic E-state index is 0.0476. The number of nitrogens with two attached hydrogens (primary N) is 1. The molecule has 0 radical (unpaired) electrons. The molecule has 1 amide bonds. The number of rotatable bonds is 5. The van der Waals surface area contributed by atoms with E-state index in [1.54, 1.807) is 0 Å². The number of nitrogens with one attached hydrogen (secondary N) is 1. The van der Waals surface area contributed by atoms with Gasteiger partial charge in [-0.25, -0.2) is 0 Å². The van der Waals surface area contributed by atoms with Crippen LogP contribution in [0.4, 0.5) is 0 Å². The van der Waals surface area contributed by atoms with Crippen molar-refractivity contribution >= 4 is 5.91 Å². The molecule has 1 aliphatic carbocycles. The van der Waals surface area contributed by atoms with Crippen LogP contribution in [0.5, 0.6) is 0 Å². The maximum atomic E-state index is 11.3. The Morgan fingerprint density at radius 1 is 1.62 bits per heavy atom. The van der Waals surface area contributed by atoms with Crippen LogP contribution in [0.25, 0.3) is 0 Å². The summed E-state index contributed by atoms with van der Waals surface area (Å²) in [4.78, 5) is 11.3. The summed E-state index contributed by atoms with van der Waals surface area (Å²) in [5, 5.41) is 2.73. The molecule has 3 N–H and O–H groups in total. The Labute approximate surface area is 97.9 Å². The van der Waals surface area contributed by atoms with E-state index in [2.05, 4.69) is 12.2 Å². The van der Waals surface area contributed by atoms with Crippen LogP contribution in [0.1, 0.15) is 39.5 Å². The van der Waals surface area contributed by atoms with Gasteiger partial charge in [0.2, 0.25) is 5.91 Å². The minimum Gasteiger partial charge on any atom is -0.364 e. The van der Waals surface area contributed by atoms with Crippen LogP contribution in [0.3, 0.4) is 0 Å². The topological polar surface area (TPSA) is 64.3 Å². The average Bonchev–Trinajstić information content (AvgIpc) is 2.27. The summed E-state index contributed by atoms with van der Waals surface area (Å²) in [6.07, 6.45) is 4.34. The highest BCUT2D eigenvalue weighted by Crippen LogP contribution is 2.34. The predicted molar refractivity (Wildman–Crippen MR) is 64.1 cm³/mol. The Morgan fingerprint density at radius 2 is 2.38 bits per heavy atom. The van der Waals surface area contributed by atoms with Crippen LogP contribution < -0.4 is 11.1 Å². The summed E-state index contributed by atoms with van der Waals surface area (Å²) < 4.78 is 5.77. The molecule has 2 unspecified atom stereocenters. The summed E-state index contributed by atoms with van der Waals surface area (Å²) in [5.41, 5.74) is 5.54. The van der Waals surface area contributed by atoms with Gasteiger partial charge in [0.1, 0.15) is 6.61 Å². The van der Waals surface area contributed by atoms with Crippen LogP contribution in [0, 0.1) is 5.92 Å². The molecule has 16 heavy (non-hydrogen) atoms. The van der Waals surface area contributed by atoms with E-state index in [0.717, 1.165) is 19.3 Å². The number of carbonyl (C=O) groups is 1. The molecule has 0 aromatic rings. The van der Waals surface area contributed by atoms with Crippen LogP contribution in [0.2, 0.25) is 0 Å². The molecule has 0 bridgehead atoms. The fourth-order valence-corrected chi connectivity index (χ4v) is 2.45. The molecule has 1 rings (SSSR count). The number of likely N-dealkylation sites (N-methyl/N-ethyl adjacent to an activating group) is 1. The molecule has 4 nitrogen and oxygen atoms in total. The summed E-state index contributed by atoms with van der Waals surface area (Å²) in [6.45, 7) is 5.42. The molecule has 0 aromatic heterocycles. The van der Waals surface area contributed by atoms with Crippen LogP contribution in [-0.4, -0.2) is 31.2 Å². The van der Waals surface area contributed by atoms with Gasteiger partial charge in [-0.15, -0.1) is 0 Å². The van der Waals surface area contributed by atoms with E-state index in [9.17, 15) is 4.79 Å². The Bertz CT molecular complexity index is 233. The first-order valence-electron chi connectivity index (χ1n) is 6.22. The standard InChI is InChI=1S/C12H24N2O2/c1-3-14-11(15)8-16-12(9-13)6-4-5-10(2)7-12/h10H,3-9,13H2,1-2H3,(H,14,15). The SMILES string of the molecule is CCNC(=O)COC1(CN)CCCC(C)C1. The van der Waals surface area contributed by atoms with Gasteiger partial charge in [-0.2, -0.15) is 0 Å². The molecule has 94 valence electrons. The maximum absolute atomic E-state index is 11.3. The lowest BCUT2D eigenvalue weighted by Gasteiger charge is -2.38. The zero-order valence-electron chi connectivity index (χ0n) is 10.4. The number of amides is 1. The summed E-state index contributed by atoms with van der Waals surface area (Å²) in [6, 6.07) is 0. The highest BCUT2D eigenvalue weighted by molar-refractivity contribution is 5.77. The van der Waals surface area contributed by atoms with Gasteiger partial charge in [-0.1, -0.05) is 19.8 Å². The molecular formula is C12H24N2O2. The van der Waals surface area contributed by atoms with Gasteiger partial charge >= 0.3 is 0 Å². The van der Waals surface area contributed by atoms with Gasteiger partial charge in [0.25, 0.3) is 0 Å². The minimum atomic E-state index is -0.261. The van der Waals surface area contributed by atoms with E-state index >= 15 is 0 Å². The Kier molecular flexibility index (Phi) is 5.22. The van der Waals surface area contributed by atoms with Crippen molar-refractivity contribution in [3.63, 3.8) is 0 Å².